The second-order valence-corrected chi connectivity index (χ2v) is 9.86. The summed E-state index contributed by atoms with van der Waals surface area (Å²) in [7, 11) is 1.26. The van der Waals surface area contributed by atoms with Crippen molar-refractivity contribution in [3.63, 3.8) is 0 Å². The van der Waals surface area contributed by atoms with E-state index < -0.39 is 73.1 Å². The lowest BCUT2D eigenvalue weighted by molar-refractivity contribution is -0.319. The zero-order chi connectivity index (χ0) is 29.5. The molecule has 222 valence electrons. The van der Waals surface area contributed by atoms with Crippen molar-refractivity contribution in [3.8, 4) is 28.6 Å². The van der Waals surface area contributed by atoms with Crippen LogP contribution in [0, 0.1) is 0 Å². The van der Waals surface area contributed by atoms with Gasteiger partial charge in [-0.25, -0.2) is 0 Å². The van der Waals surface area contributed by atoms with E-state index in [1.807, 2.05) is 0 Å². The van der Waals surface area contributed by atoms with Crippen molar-refractivity contribution >= 4 is 11.0 Å². The highest BCUT2D eigenvalue weighted by atomic mass is 16.8. The molecule has 0 amide bonds. The Balaban J connectivity index is 1.48. The molecule has 3 heterocycles. The number of phenols is 2. The summed E-state index contributed by atoms with van der Waals surface area (Å²) in [5.41, 5.74) is -1.94. The first kappa shape index (κ1) is 29.2. The molecule has 14 nitrogen and oxygen atoms in total. The molecule has 3 aromatic rings. The molecule has 8 atom stereocenters. The Hall–Kier alpha value is -3.31. The van der Waals surface area contributed by atoms with E-state index in [9.17, 15) is 40.5 Å². The molecule has 0 spiro atoms. The standard InChI is InChI=1S/C27H30O14/c1-36-24-26(37-11-27(24,35)10-29)41-23-22(34)21(33)19(9-28)40-25(23)38-14-6-15(31)20-16(32)8-17(39-18(20)7-14)12-2-4-13(30)5-3-12/h2-8,19,21-26,28-31,33-35H,9-11H2,1H3/t19-,21-,22+,23-,24+,25+,26+,27-/m1/s1. The first-order valence-corrected chi connectivity index (χ1v) is 12.6. The lowest BCUT2D eigenvalue weighted by Crippen LogP contribution is -2.62. The highest BCUT2D eigenvalue weighted by Gasteiger charge is 2.54. The van der Waals surface area contributed by atoms with Gasteiger partial charge in [0.1, 0.15) is 64.0 Å². The second-order valence-electron chi connectivity index (χ2n) is 9.86. The number of ether oxygens (including phenoxy) is 5. The fourth-order valence-electron chi connectivity index (χ4n) is 4.89. The normalized spacial score (nSPS) is 31.9. The minimum Gasteiger partial charge on any atom is -0.508 e. The van der Waals surface area contributed by atoms with Crippen molar-refractivity contribution < 1.29 is 63.8 Å². The molecule has 14 heteroatoms. The molecular formula is C27H30O14. The zero-order valence-electron chi connectivity index (χ0n) is 21.7. The van der Waals surface area contributed by atoms with Gasteiger partial charge in [0.25, 0.3) is 0 Å². The van der Waals surface area contributed by atoms with Crippen LogP contribution in [0.2, 0.25) is 0 Å². The molecule has 0 radical (unpaired) electrons. The molecule has 7 N–H and O–H groups in total. The van der Waals surface area contributed by atoms with Crippen LogP contribution >= 0.6 is 0 Å². The maximum atomic E-state index is 12.8. The van der Waals surface area contributed by atoms with Crippen LogP contribution in [0.4, 0.5) is 0 Å². The van der Waals surface area contributed by atoms with E-state index in [0.29, 0.717) is 5.56 Å². The van der Waals surface area contributed by atoms with Gasteiger partial charge in [-0.2, -0.15) is 0 Å². The monoisotopic (exact) mass is 578 g/mol. The van der Waals surface area contributed by atoms with E-state index in [0.717, 1.165) is 6.07 Å². The molecule has 2 fully saturated rings. The number of aliphatic hydroxyl groups excluding tert-OH is 4. The highest BCUT2D eigenvalue weighted by Crippen LogP contribution is 2.36. The van der Waals surface area contributed by atoms with Crippen molar-refractivity contribution in [2.45, 2.75) is 48.7 Å². The van der Waals surface area contributed by atoms with Crippen LogP contribution < -0.4 is 10.2 Å². The summed E-state index contributed by atoms with van der Waals surface area (Å²) in [6, 6.07) is 9.50. The smallest absolute Gasteiger partial charge is 0.229 e. The number of rotatable bonds is 8. The van der Waals surface area contributed by atoms with E-state index in [1.165, 1.54) is 43.5 Å². The lowest BCUT2D eigenvalue weighted by Gasteiger charge is -2.42. The number of phenolic OH excluding ortho intramolecular Hbond substituents is 2. The Labute approximate surface area is 232 Å². The number of hydrogen-bond acceptors (Lipinski definition) is 14. The molecule has 41 heavy (non-hydrogen) atoms. The van der Waals surface area contributed by atoms with Crippen LogP contribution in [0.15, 0.2) is 51.7 Å². The fourth-order valence-corrected chi connectivity index (χ4v) is 4.89. The van der Waals surface area contributed by atoms with Crippen molar-refractivity contribution in [3.05, 3.63) is 52.7 Å². The maximum Gasteiger partial charge on any atom is 0.229 e. The molecule has 2 aromatic carbocycles. The third kappa shape index (κ3) is 5.49. The molecule has 0 unspecified atom stereocenters. The third-order valence-corrected chi connectivity index (χ3v) is 7.11. The second kappa shape index (κ2) is 11.5. The number of aliphatic hydroxyl groups is 5. The summed E-state index contributed by atoms with van der Waals surface area (Å²) >= 11 is 0. The number of hydrogen-bond donors (Lipinski definition) is 7. The summed E-state index contributed by atoms with van der Waals surface area (Å²) in [6.07, 6.45) is -10.1. The number of fused-ring (bicyclic) bond motifs is 1. The molecule has 2 aliphatic heterocycles. The average Bonchev–Trinajstić information content (AvgIpc) is 3.27. The Bertz CT molecular complexity index is 1420. The summed E-state index contributed by atoms with van der Waals surface area (Å²) < 4.78 is 33.9. The van der Waals surface area contributed by atoms with Crippen LogP contribution in [0.25, 0.3) is 22.3 Å². The topological polar surface area (TPSA) is 218 Å². The first-order chi connectivity index (χ1) is 19.6. The van der Waals surface area contributed by atoms with E-state index in [2.05, 4.69) is 0 Å². The maximum absolute atomic E-state index is 12.8. The Morgan fingerprint density at radius 2 is 1.76 bits per heavy atom. The van der Waals surface area contributed by atoms with Crippen molar-refractivity contribution in [1.29, 1.82) is 0 Å². The van der Waals surface area contributed by atoms with Gasteiger partial charge in [-0.15, -0.1) is 0 Å². The van der Waals surface area contributed by atoms with Gasteiger partial charge in [0.15, 0.2) is 17.8 Å². The summed E-state index contributed by atoms with van der Waals surface area (Å²) in [5.74, 6) is -0.415. The van der Waals surface area contributed by atoms with Crippen molar-refractivity contribution in [1.82, 2.24) is 0 Å². The van der Waals surface area contributed by atoms with Crippen molar-refractivity contribution in [2.75, 3.05) is 26.9 Å². The lowest BCUT2D eigenvalue weighted by atomic mass is 9.98. The van der Waals surface area contributed by atoms with Crippen LogP contribution in [0.1, 0.15) is 0 Å². The number of benzene rings is 2. The largest absolute Gasteiger partial charge is 0.508 e. The quantitative estimate of drug-likeness (QED) is 0.174. The van der Waals surface area contributed by atoms with Gasteiger partial charge in [-0.05, 0) is 24.3 Å². The highest BCUT2D eigenvalue weighted by molar-refractivity contribution is 5.86. The first-order valence-electron chi connectivity index (χ1n) is 12.6. The van der Waals surface area contributed by atoms with Crippen molar-refractivity contribution in [2.24, 2.45) is 0 Å². The molecule has 0 aliphatic carbocycles. The van der Waals surface area contributed by atoms with Crippen LogP contribution in [-0.2, 0) is 18.9 Å². The van der Waals surface area contributed by atoms with E-state index in [-0.39, 0.29) is 34.8 Å². The Morgan fingerprint density at radius 1 is 1.02 bits per heavy atom. The van der Waals surface area contributed by atoms with E-state index in [1.54, 1.807) is 0 Å². The molecule has 0 bridgehead atoms. The molecular weight excluding hydrogens is 548 g/mol. The molecule has 1 aromatic heterocycles. The van der Waals surface area contributed by atoms with E-state index >= 15 is 0 Å². The summed E-state index contributed by atoms with van der Waals surface area (Å²) in [6.45, 7) is -1.76. The minimum absolute atomic E-state index is 0.0174. The predicted octanol–water partition coefficient (Wildman–Crippen LogP) is -0.831. The fraction of sp³-hybridized carbons (Fsp3) is 0.444. The van der Waals surface area contributed by atoms with Gasteiger partial charge in [-0.1, -0.05) is 0 Å². The minimum atomic E-state index is -1.81. The van der Waals surface area contributed by atoms with Crippen LogP contribution in [0.3, 0.4) is 0 Å². The van der Waals surface area contributed by atoms with Gasteiger partial charge >= 0.3 is 0 Å². The van der Waals surface area contributed by atoms with Crippen LogP contribution in [0.5, 0.6) is 17.2 Å². The van der Waals surface area contributed by atoms with E-state index in [4.69, 9.17) is 28.1 Å². The molecule has 0 saturated carbocycles. The molecule has 5 rings (SSSR count). The third-order valence-electron chi connectivity index (χ3n) is 7.11. The average molecular weight is 579 g/mol. The van der Waals surface area contributed by atoms with Gasteiger partial charge in [0.2, 0.25) is 6.29 Å². The predicted molar refractivity (Wildman–Crippen MR) is 137 cm³/mol. The zero-order valence-corrected chi connectivity index (χ0v) is 21.7. The summed E-state index contributed by atoms with van der Waals surface area (Å²) in [5, 5.41) is 71.2. The summed E-state index contributed by atoms with van der Waals surface area (Å²) in [4.78, 5) is 12.8. The SMILES string of the molecule is CO[C@H]1[C@H](O[C@H]2[C@@H](Oc3cc(O)c4c(=O)cc(-c5ccc(O)cc5)oc4c3)O[C@H](CO)[C@@H](O)[C@@H]2O)OC[C@]1(O)CO. The Kier molecular flexibility index (Phi) is 8.20. The number of methoxy groups -OCH3 is 1. The molecule has 2 aliphatic rings. The number of aromatic hydroxyl groups is 2. The van der Waals surface area contributed by atoms with Crippen LogP contribution in [-0.4, -0.2) is 111 Å². The van der Waals surface area contributed by atoms with Gasteiger partial charge in [0.05, 0.1) is 19.8 Å². The Morgan fingerprint density at radius 3 is 2.41 bits per heavy atom. The van der Waals surface area contributed by atoms with Gasteiger partial charge in [0, 0.05) is 30.9 Å². The van der Waals surface area contributed by atoms with Gasteiger partial charge < -0.3 is 63.8 Å². The molecule has 2 saturated heterocycles. The van der Waals surface area contributed by atoms with Gasteiger partial charge in [-0.3, -0.25) is 4.79 Å².